The van der Waals surface area contributed by atoms with Crippen molar-refractivity contribution in [2.45, 2.75) is 39.2 Å². The van der Waals surface area contributed by atoms with Crippen molar-refractivity contribution in [2.24, 2.45) is 0 Å². The van der Waals surface area contributed by atoms with E-state index in [0.717, 1.165) is 30.6 Å². The number of ketones is 1. The Hall–Kier alpha value is -4.05. The third-order valence-corrected chi connectivity index (χ3v) is 7.11. The van der Waals surface area contributed by atoms with E-state index in [1.807, 2.05) is 0 Å². The second kappa shape index (κ2) is 11.3. The lowest BCUT2D eigenvalue weighted by atomic mass is 9.95. The van der Waals surface area contributed by atoms with Gasteiger partial charge in [-0.25, -0.2) is 9.78 Å². The van der Waals surface area contributed by atoms with E-state index in [2.05, 4.69) is 16.9 Å². The Kier molecular flexibility index (Phi) is 7.98. The van der Waals surface area contributed by atoms with E-state index >= 15 is 0 Å². The van der Waals surface area contributed by atoms with Gasteiger partial charge in [0.2, 0.25) is 0 Å². The van der Waals surface area contributed by atoms with E-state index in [4.69, 9.17) is 9.47 Å². The second-order valence-electron chi connectivity index (χ2n) is 8.43. The molecule has 1 N–H and O–H groups in total. The van der Waals surface area contributed by atoms with Crippen LogP contribution < -0.4 is 9.64 Å². The molecule has 10 heteroatoms. The fourth-order valence-electron chi connectivity index (χ4n) is 4.07. The molecule has 3 heterocycles. The first-order chi connectivity index (χ1) is 17.9. The summed E-state index contributed by atoms with van der Waals surface area (Å²) >= 11 is 0.950. The van der Waals surface area contributed by atoms with Crippen LogP contribution in [-0.2, 0) is 14.3 Å². The lowest BCUT2D eigenvalue weighted by Crippen LogP contribution is -2.29. The van der Waals surface area contributed by atoms with Gasteiger partial charge in [-0.05, 0) is 43.2 Å². The number of thiazole rings is 1. The first-order valence-electron chi connectivity index (χ1n) is 11.9. The standard InChI is InChI=1S/C27H27N3O6S/c1-4-5-6-15-36-19-9-7-17(8-10-19)21-20(22(31)18-11-13-28-14-12-18)23(32)25(33)30(21)27-29-16(2)24(37-27)26(34)35-3/h7-14,21,31H,4-6,15H2,1-3H3. The number of esters is 1. The van der Waals surface area contributed by atoms with E-state index < -0.39 is 23.7 Å². The van der Waals surface area contributed by atoms with Crippen LogP contribution in [0.25, 0.3) is 5.76 Å². The van der Waals surface area contributed by atoms with Crippen LogP contribution in [0.1, 0.15) is 58.7 Å². The first-order valence-corrected chi connectivity index (χ1v) is 12.7. The van der Waals surface area contributed by atoms with Crippen LogP contribution >= 0.6 is 11.3 Å². The number of aromatic nitrogens is 2. The molecule has 1 atom stereocenters. The average molecular weight is 522 g/mol. The van der Waals surface area contributed by atoms with Gasteiger partial charge in [0.25, 0.3) is 5.78 Å². The number of ether oxygens (including phenoxy) is 2. The number of hydrogen-bond acceptors (Lipinski definition) is 9. The van der Waals surface area contributed by atoms with Gasteiger partial charge >= 0.3 is 11.9 Å². The normalized spacial score (nSPS) is 16.7. The summed E-state index contributed by atoms with van der Waals surface area (Å²) in [5.41, 5.74) is 1.21. The molecule has 0 bridgehead atoms. The van der Waals surface area contributed by atoms with E-state index in [1.54, 1.807) is 43.3 Å². The van der Waals surface area contributed by atoms with Crippen LogP contribution in [0.4, 0.5) is 5.13 Å². The first kappa shape index (κ1) is 26.0. The highest BCUT2D eigenvalue weighted by Crippen LogP contribution is 2.44. The lowest BCUT2D eigenvalue weighted by molar-refractivity contribution is -0.132. The zero-order valence-electron chi connectivity index (χ0n) is 20.8. The number of methoxy groups -OCH3 is 1. The van der Waals surface area contributed by atoms with Gasteiger partial charge in [-0.15, -0.1) is 0 Å². The number of hydrogen-bond donors (Lipinski definition) is 1. The molecular weight excluding hydrogens is 494 g/mol. The van der Waals surface area contributed by atoms with Crippen molar-refractivity contribution in [3.05, 3.63) is 76.1 Å². The van der Waals surface area contributed by atoms with E-state index in [-0.39, 0.29) is 21.3 Å². The fraction of sp³-hybridized carbons (Fsp3) is 0.296. The number of amides is 1. The average Bonchev–Trinajstić information content (AvgIpc) is 3.43. The number of aryl methyl sites for hydroxylation is 1. The largest absolute Gasteiger partial charge is 0.507 e. The van der Waals surface area contributed by atoms with Crippen molar-refractivity contribution in [1.29, 1.82) is 0 Å². The number of unbranched alkanes of at least 4 members (excludes halogenated alkanes) is 2. The maximum atomic E-state index is 13.3. The fourth-order valence-corrected chi connectivity index (χ4v) is 5.08. The Morgan fingerprint density at radius 1 is 1.11 bits per heavy atom. The zero-order chi connectivity index (χ0) is 26.5. The molecule has 9 nitrogen and oxygen atoms in total. The molecule has 1 aliphatic rings. The molecule has 1 fully saturated rings. The number of aliphatic hydroxyl groups is 1. The molecule has 0 aliphatic carbocycles. The number of nitrogens with zero attached hydrogens (tertiary/aromatic N) is 3. The molecule has 1 aliphatic heterocycles. The minimum absolute atomic E-state index is 0.0831. The number of carbonyl (C=O) groups excluding carboxylic acids is 3. The predicted molar refractivity (Wildman–Crippen MR) is 139 cm³/mol. The summed E-state index contributed by atoms with van der Waals surface area (Å²) in [4.78, 5) is 48.6. The molecule has 0 radical (unpaired) electrons. The van der Waals surface area contributed by atoms with Gasteiger partial charge in [0.15, 0.2) is 5.13 Å². The summed E-state index contributed by atoms with van der Waals surface area (Å²) in [7, 11) is 1.26. The second-order valence-corrected chi connectivity index (χ2v) is 9.41. The molecule has 0 saturated carbocycles. The molecule has 3 aromatic rings. The van der Waals surface area contributed by atoms with Crippen LogP contribution in [-0.4, -0.2) is 46.5 Å². The predicted octanol–water partition coefficient (Wildman–Crippen LogP) is 4.83. The molecule has 1 aromatic carbocycles. The third-order valence-electron chi connectivity index (χ3n) is 5.97. The van der Waals surface area contributed by atoms with Gasteiger partial charge in [-0.3, -0.25) is 19.5 Å². The van der Waals surface area contributed by atoms with Crippen LogP contribution in [0.15, 0.2) is 54.4 Å². The quantitative estimate of drug-likeness (QED) is 0.140. The van der Waals surface area contributed by atoms with Crippen molar-refractivity contribution >= 4 is 39.9 Å². The van der Waals surface area contributed by atoms with Gasteiger partial charge in [-0.2, -0.15) is 0 Å². The Morgan fingerprint density at radius 3 is 2.46 bits per heavy atom. The van der Waals surface area contributed by atoms with Crippen molar-refractivity contribution in [3.63, 3.8) is 0 Å². The molecular formula is C27H27N3O6S. The van der Waals surface area contributed by atoms with E-state index in [1.165, 1.54) is 24.4 Å². The molecule has 192 valence electrons. The number of rotatable bonds is 9. The van der Waals surface area contributed by atoms with Crippen molar-refractivity contribution in [3.8, 4) is 5.75 Å². The van der Waals surface area contributed by atoms with Gasteiger partial charge in [0.05, 0.1) is 31.0 Å². The van der Waals surface area contributed by atoms with Gasteiger partial charge < -0.3 is 14.6 Å². The Bertz CT molecular complexity index is 1330. The van der Waals surface area contributed by atoms with Gasteiger partial charge in [-0.1, -0.05) is 43.2 Å². The molecule has 1 amide bonds. The van der Waals surface area contributed by atoms with E-state index in [9.17, 15) is 19.5 Å². The number of benzene rings is 1. The van der Waals surface area contributed by atoms with Gasteiger partial charge in [0.1, 0.15) is 16.4 Å². The van der Waals surface area contributed by atoms with Crippen LogP contribution in [0.3, 0.4) is 0 Å². The maximum absolute atomic E-state index is 13.3. The summed E-state index contributed by atoms with van der Waals surface area (Å²) in [5, 5.41) is 11.3. The summed E-state index contributed by atoms with van der Waals surface area (Å²) < 4.78 is 10.6. The number of aliphatic hydroxyl groups excluding tert-OH is 1. The summed E-state index contributed by atoms with van der Waals surface area (Å²) in [6, 6.07) is 9.16. The van der Waals surface area contributed by atoms with Crippen LogP contribution in [0.2, 0.25) is 0 Å². The number of pyridine rings is 1. The molecule has 0 spiro atoms. The SMILES string of the molecule is CCCCCOc1ccc(C2C(=C(O)c3ccncc3)C(=O)C(=O)N2c2nc(C)c(C(=O)OC)s2)cc1. The van der Waals surface area contributed by atoms with Gasteiger partial charge in [0, 0.05) is 18.0 Å². The zero-order valence-corrected chi connectivity index (χ0v) is 21.6. The molecule has 1 unspecified atom stereocenters. The number of Topliss-reactive ketones (excluding diaryl/α,β-unsaturated/α-hetero) is 1. The minimum atomic E-state index is -0.974. The smallest absolute Gasteiger partial charge is 0.350 e. The summed E-state index contributed by atoms with van der Waals surface area (Å²) in [6.45, 7) is 4.33. The Balaban J connectivity index is 1.80. The maximum Gasteiger partial charge on any atom is 0.350 e. The molecule has 1 saturated heterocycles. The highest BCUT2D eigenvalue weighted by molar-refractivity contribution is 7.17. The summed E-state index contributed by atoms with van der Waals surface area (Å²) in [6.07, 6.45) is 6.07. The third kappa shape index (κ3) is 5.24. The lowest BCUT2D eigenvalue weighted by Gasteiger charge is -2.23. The van der Waals surface area contributed by atoms with Crippen molar-refractivity contribution < 1.29 is 29.0 Å². The molecule has 2 aromatic heterocycles. The molecule has 37 heavy (non-hydrogen) atoms. The molecule has 4 rings (SSSR count). The minimum Gasteiger partial charge on any atom is -0.507 e. The Labute approximate surface area is 218 Å². The Morgan fingerprint density at radius 2 is 1.81 bits per heavy atom. The monoisotopic (exact) mass is 521 g/mol. The highest BCUT2D eigenvalue weighted by Gasteiger charge is 2.48. The topological polar surface area (TPSA) is 119 Å². The highest BCUT2D eigenvalue weighted by atomic mass is 32.1. The number of anilines is 1. The van der Waals surface area contributed by atoms with Crippen molar-refractivity contribution in [1.82, 2.24) is 9.97 Å². The van der Waals surface area contributed by atoms with Crippen molar-refractivity contribution in [2.75, 3.05) is 18.6 Å². The van der Waals surface area contributed by atoms with Crippen LogP contribution in [0, 0.1) is 6.92 Å². The number of carbonyl (C=O) groups is 3. The van der Waals surface area contributed by atoms with Crippen LogP contribution in [0.5, 0.6) is 5.75 Å². The van der Waals surface area contributed by atoms with E-state index in [0.29, 0.717) is 29.2 Å². The summed E-state index contributed by atoms with van der Waals surface area (Å²) in [5.74, 6) is -1.97.